The fourth-order valence-electron chi connectivity index (χ4n) is 1.03. The summed E-state index contributed by atoms with van der Waals surface area (Å²) in [6.07, 6.45) is 11.5. The van der Waals surface area contributed by atoms with Gasteiger partial charge in [-0.3, -0.25) is 0 Å². The summed E-state index contributed by atoms with van der Waals surface area (Å²) in [6, 6.07) is 0. The zero-order chi connectivity index (χ0) is 6.74. The Balaban J connectivity index is 2.50. The van der Waals surface area contributed by atoms with Gasteiger partial charge in [-0.2, -0.15) is 0 Å². The van der Waals surface area contributed by atoms with Crippen molar-refractivity contribution in [2.24, 2.45) is 0 Å². The van der Waals surface area contributed by atoms with Gasteiger partial charge in [0.25, 0.3) is 0 Å². The lowest BCUT2D eigenvalue weighted by atomic mass is 10.3. The maximum atomic E-state index is 2.28. The molecule has 1 aliphatic rings. The number of rotatable bonds is 2. The van der Waals surface area contributed by atoms with Crippen LogP contribution in [0.15, 0.2) is 12.2 Å². The molecule has 2 heteroatoms. The van der Waals surface area contributed by atoms with E-state index < -0.39 is 0 Å². The van der Waals surface area contributed by atoms with Gasteiger partial charge in [0.15, 0.2) is 0 Å². The van der Waals surface area contributed by atoms with E-state index in [0.717, 1.165) is 0 Å². The van der Waals surface area contributed by atoms with Crippen LogP contribution >= 0.6 is 23.5 Å². The summed E-state index contributed by atoms with van der Waals surface area (Å²) in [5, 5.41) is 0. The Hall–Kier alpha value is 0.440. The Labute approximate surface area is 65.5 Å². The molecule has 0 atom stereocenters. The summed E-state index contributed by atoms with van der Waals surface area (Å²) in [4.78, 5) is 0. The van der Waals surface area contributed by atoms with Gasteiger partial charge in [-0.25, -0.2) is 0 Å². The second-order valence-electron chi connectivity index (χ2n) is 2.20. The van der Waals surface area contributed by atoms with Crippen LogP contribution in [-0.2, 0) is 0 Å². The molecule has 0 heterocycles. The molecule has 0 saturated carbocycles. The lowest BCUT2D eigenvalue weighted by Gasteiger charge is -2.23. The van der Waals surface area contributed by atoms with Crippen molar-refractivity contribution in [2.75, 3.05) is 12.5 Å². The van der Waals surface area contributed by atoms with Gasteiger partial charge in [0.1, 0.15) is 0 Å². The third kappa shape index (κ3) is 1.47. The van der Waals surface area contributed by atoms with E-state index >= 15 is 0 Å². The van der Waals surface area contributed by atoms with Crippen molar-refractivity contribution in [2.45, 2.75) is 16.9 Å². The minimum absolute atomic E-state index is 0.500. The van der Waals surface area contributed by atoms with E-state index in [1.165, 1.54) is 12.8 Å². The molecule has 0 radical (unpaired) electrons. The van der Waals surface area contributed by atoms with Crippen molar-refractivity contribution in [3.05, 3.63) is 12.2 Å². The van der Waals surface area contributed by atoms with Gasteiger partial charge < -0.3 is 0 Å². The SMILES string of the molecule is CSC1(SC)CC=CC1. The molecule has 0 aliphatic heterocycles. The maximum Gasteiger partial charge on any atom is 0.0673 e. The third-order valence-corrected chi connectivity index (χ3v) is 4.92. The fraction of sp³-hybridized carbons (Fsp3) is 0.714. The van der Waals surface area contributed by atoms with Crippen LogP contribution in [0.1, 0.15) is 12.8 Å². The van der Waals surface area contributed by atoms with Gasteiger partial charge in [-0.15, -0.1) is 23.5 Å². The molecule has 1 aliphatic carbocycles. The molecule has 52 valence electrons. The molecule has 0 saturated heterocycles. The molecule has 0 aromatic carbocycles. The number of hydrogen-bond donors (Lipinski definition) is 0. The van der Waals surface area contributed by atoms with E-state index in [2.05, 4.69) is 24.7 Å². The highest BCUT2D eigenvalue weighted by atomic mass is 32.2. The Morgan fingerprint density at radius 3 is 1.78 bits per heavy atom. The van der Waals surface area contributed by atoms with Crippen LogP contribution in [0.4, 0.5) is 0 Å². The predicted octanol–water partition coefficient (Wildman–Crippen LogP) is 2.76. The minimum Gasteiger partial charge on any atom is -0.147 e. The van der Waals surface area contributed by atoms with Gasteiger partial charge in [0, 0.05) is 0 Å². The molecule has 1 rings (SSSR count). The normalized spacial score (nSPS) is 22.9. The second kappa shape index (κ2) is 3.02. The summed E-state index contributed by atoms with van der Waals surface area (Å²) in [5.41, 5.74) is 0. The van der Waals surface area contributed by atoms with Crippen LogP contribution in [0.3, 0.4) is 0 Å². The fourth-order valence-corrected chi connectivity index (χ4v) is 2.74. The molecule has 0 N–H and O–H groups in total. The van der Waals surface area contributed by atoms with Crippen molar-refractivity contribution < 1.29 is 0 Å². The predicted molar refractivity (Wildman–Crippen MR) is 48.1 cm³/mol. The first-order valence-corrected chi connectivity index (χ1v) is 5.53. The molecule has 0 unspecified atom stereocenters. The second-order valence-corrected chi connectivity index (χ2v) is 4.84. The average Bonchev–Trinajstić information content (AvgIpc) is 2.36. The minimum atomic E-state index is 0.500. The van der Waals surface area contributed by atoms with E-state index in [9.17, 15) is 0 Å². The van der Waals surface area contributed by atoms with Gasteiger partial charge in [0.2, 0.25) is 0 Å². The van der Waals surface area contributed by atoms with Crippen LogP contribution in [0.2, 0.25) is 0 Å². The van der Waals surface area contributed by atoms with Gasteiger partial charge in [-0.1, -0.05) is 12.2 Å². The first-order chi connectivity index (χ1) is 4.33. The number of allylic oxidation sites excluding steroid dienone is 2. The highest BCUT2D eigenvalue weighted by Gasteiger charge is 2.27. The summed E-state index contributed by atoms with van der Waals surface area (Å²) >= 11 is 3.96. The summed E-state index contributed by atoms with van der Waals surface area (Å²) in [5.74, 6) is 0. The molecule has 0 spiro atoms. The summed E-state index contributed by atoms with van der Waals surface area (Å²) < 4.78 is 0.500. The zero-order valence-corrected chi connectivity index (χ0v) is 7.52. The lowest BCUT2D eigenvalue weighted by molar-refractivity contribution is 0.888. The molecule has 0 aromatic heterocycles. The van der Waals surface area contributed by atoms with E-state index in [0.29, 0.717) is 4.08 Å². The summed E-state index contributed by atoms with van der Waals surface area (Å²) in [6.45, 7) is 0. The van der Waals surface area contributed by atoms with Crippen LogP contribution in [0.5, 0.6) is 0 Å². The molecular weight excluding hydrogens is 148 g/mol. The smallest absolute Gasteiger partial charge is 0.0673 e. The molecule has 0 amide bonds. The first-order valence-electron chi connectivity index (χ1n) is 3.08. The third-order valence-electron chi connectivity index (χ3n) is 1.77. The Bertz CT molecular complexity index is 104. The largest absolute Gasteiger partial charge is 0.147 e. The van der Waals surface area contributed by atoms with E-state index in [1.807, 2.05) is 23.5 Å². The van der Waals surface area contributed by atoms with Crippen molar-refractivity contribution in [3.8, 4) is 0 Å². The Morgan fingerprint density at radius 1 is 1.11 bits per heavy atom. The van der Waals surface area contributed by atoms with E-state index in [-0.39, 0.29) is 0 Å². The molecule has 0 bridgehead atoms. The van der Waals surface area contributed by atoms with Crippen molar-refractivity contribution in [3.63, 3.8) is 0 Å². The maximum absolute atomic E-state index is 2.28. The van der Waals surface area contributed by atoms with Crippen molar-refractivity contribution >= 4 is 23.5 Å². The quantitative estimate of drug-likeness (QED) is 0.450. The molecular formula is C7H12S2. The first kappa shape index (κ1) is 7.55. The topological polar surface area (TPSA) is 0 Å². The monoisotopic (exact) mass is 160 g/mol. The van der Waals surface area contributed by atoms with Crippen molar-refractivity contribution in [1.82, 2.24) is 0 Å². The lowest BCUT2D eigenvalue weighted by Crippen LogP contribution is -2.12. The Kier molecular flexibility index (Phi) is 2.53. The number of thioether (sulfide) groups is 2. The van der Waals surface area contributed by atoms with Crippen LogP contribution < -0.4 is 0 Å². The van der Waals surface area contributed by atoms with Gasteiger partial charge in [-0.05, 0) is 25.4 Å². The van der Waals surface area contributed by atoms with Crippen LogP contribution in [0, 0.1) is 0 Å². The number of hydrogen-bond acceptors (Lipinski definition) is 2. The van der Waals surface area contributed by atoms with Crippen LogP contribution in [0.25, 0.3) is 0 Å². The molecule has 0 aromatic rings. The molecule has 9 heavy (non-hydrogen) atoms. The van der Waals surface area contributed by atoms with E-state index in [4.69, 9.17) is 0 Å². The highest BCUT2D eigenvalue weighted by Crippen LogP contribution is 2.44. The van der Waals surface area contributed by atoms with Gasteiger partial charge in [0.05, 0.1) is 4.08 Å². The average molecular weight is 160 g/mol. The summed E-state index contributed by atoms with van der Waals surface area (Å²) in [7, 11) is 0. The van der Waals surface area contributed by atoms with Crippen LogP contribution in [-0.4, -0.2) is 16.6 Å². The van der Waals surface area contributed by atoms with Crippen molar-refractivity contribution in [1.29, 1.82) is 0 Å². The molecule has 0 fully saturated rings. The zero-order valence-electron chi connectivity index (χ0n) is 5.89. The highest BCUT2D eigenvalue weighted by molar-refractivity contribution is 8.17. The Morgan fingerprint density at radius 2 is 1.56 bits per heavy atom. The van der Waals surface area contributed by atoms with Gasteiger partial charge >= 0.3 is 0 Å². The standard InChI is InChI=1S/C7H12S2/c1-8-7(9-2)5-3-4-6-7/h3-4H,5-6H2,1-2H3. The van der Waals surface area contributed by atoms with E-state index in [1.54, 1.807) is 0 Å². The molecule has 0 nitrogen and oxygen atoms in total.